The molecule has 3 heterocycles. The number of aromatic amines is 1. The first-order valence-corrected chi connectivity index (χ1v) is 10.3. The molecule has 1 aromatic carbocycles. The topological polar surface area (TPSA) is 131 Å². The van der Waals surface area contributed by atoms with E-state index in [0.717, 1.165) is 10.2 Å². The average Bonchev–Trinajstić information content (AvgIpc) is 3.38. The summed E-state index contributed by atoms with van der Waals surface area (Å²) in [5.41, 5.74) is 3.79. The molecule has 1 amide bonds. The molecule has 0 aliphatic heterocycles. The molecule has 4 rings (SSSR count). The number of hydrazone groups is 1. The maximum Gasteiger partial charge on any atom is 0.311 e. The molecule has 0 radical (unpaired) electrons. The quantitative estimate of drug-likeness (QED) is 0.263. The third kappa shape index (κ3) is 4.18. The predicted molar refractivity (Wildman–Crippen MR) is 119 cm³/mol. The van der Waals surface area contributed by atoms with Crippen LogP contribution in [0, 0.1) is 0 Å². The minimum absolute atomic E-state index is 0.157. The molecule has 162 valence electrons. The van der Waals surface area contributed by atoms with Crippen LogP contribution in [0.3, 0.4) is 0 Å². The van der Waals surface area contributed by atoms with E-state index >= 15 is 0 Å². The molecule has 0 atom stereocenters. The van der Waals surface area contributed by atoms with Gasteiger partial charge >= 0.3 is 5.97 Å². The minimum Gasteiger partial charge on any atom is -0.469 e. The van der Waals surface area contributed by atoms with Gasteiger partial charge in [0.1, 0.15) is 0 Å². The number of thiazole rings is 1. The number of rotatable bonds is 6. The molecule has 0 saturated carbocycles. The standard InChI is InChI=1S/C21H18N6O4S/c1-12(24-25-19(29)13-7-9-22-10-8-13)18-15(11-17(28)31-2)26-27(20(18)30)21-23-14-5-3-4-6-16(14)32-21/h3-10,26H,11H2,1-2H3,(H,25,29). The van der Waals surface area contributed by atoms with E-state index in [-0.39, 0.29) is 17.7 Å². The third-order valence-electron chi connectivity index (χ3n) is 4.62. The van der Waals surface area contributed by atoms with Gasteiger partial charge in [-0.3, -0.25) is 24.5 Å². The van der Waals surface area contributed by atoms with Gasteiger partial charge in [0, 0.05) is 18.0 Å². The molecule has 0 saturated heterocycles. The largest absolute Gasteiger partial charge is 0.469 e. The maximum absolute atomic E-state index is 13.2. The molecule has 4 aromatic rings. The molecule has 0 bridgehead atoms. The first-order valence-electron chi connectivity index (χ1n) is 9.49. The van der Waals surface area contributed by atoms with Crippen molar-refractivity contribution >= 4 is 39.1 Å². The van der Waals surface area contributed by atoms with Crippen molar-refractivity contribution in [1.29, 1.82) is 0 Å². The summed E-state index contributed by atoms with van der Waals surface area (Å²) in [7, 11) is 1.26. The monoisotopic (exact) mass is 450 g/mol. The summed E-state index contributed by atoms with van der Waals surface area (Å²) in [4.78, 5) is 45.8. The molecular weight excluding hydrogens is 432 g/mol. The molecule has 0 fully saturated rings. The first-order chi connectivity index (χ1) is 15.5. The van der Waals surface area contributed by atoms with Crippen LogP contribution in [0.4, 0.5) is 0 Å². The Kier molecular flexibility index (Phi) is 5.90. The number of amides is 1. The molecule has 0 aliphatic rings. The summed E-state index contributed by atoms with van der Waals surface area (Å²) in [5, 5.41) is 7.43. The number of ether oxygens (including phenoxy) is 1. The lowest BCUT2D eigenvalue weighted by molar-refractivity contribution is -0.139. The smallest absolute Gasteiger partial charge is 0.311 e. The zero-order valence-electron chi connectivity index (χ0n) is 17.2. The highest BCUT2D eigenvalue weighted by Gasteiger charge is 2.22. The van der Waals surface area contributed by atoms with Crippen molar-refractivity contribution in [3.63, 3.8) is 0 Å². The van der Waals surface area contributed by atoms with Crippen molar-refractivity contribution in [2.24, 2.45) is 5.10 Å². The van der Waals surface area contributed by atoms with Crippen molar-refractivity contribution < 1.29 is 14.3 Å². The Morgan fingerprint density at radius 1 is 1.22 bits per heavy atom. The summed E-state index contributed by atoms with van der Waals surface area (Å²) >= 11 is 1.33. The summed E-state index contributed by atoms with van der Waals surface area (Å²) in [6, 6.07) is 10.6. The highest BCUT2D eigenvalue weighted by atomic mass is 32.1. The van der Waals surface area contributed by atoms with E-state index in [4.69, 9.17) is 4.74 Å². The van der Waals surface area contributed by atoms with E-state index in [1.807, 2.05) is 24.3 Å². The number of H-pyrrole nitrogens is 1. The van der Waals surface area contributed by atoms with Gasteiger partial charge in [-0.25, -0.2) is 10.4 Å². The van der Waals surface area contributed by atoms with Crippen LogP contribution in [0.1, 0.15) is 28.5 Å². The van der Waals surface area contributed by atoms with Crippen LogP contribution in [0.5, 0.6) is 0 Å². The molecule has 0 unspecified atom stereocenters. The van der Waals surface area contributed by atoms with E-state index in [2.05, 4.69) is 25.6 Å². The number of carbonyl (C=O) groups is 2. The predicted octanol–water partition coefficient (Wildman–Crippen LogP) is 2.04. The number of benzene rings is 1. The number of nitrogens with zero attached hydrogens (tertiary/aromatic N) is 4. The molecule has 11 heteroatoms. The van der Waals surface area contributed by atoms with Crippen LogP contribution in [-0.4, -0.2) is 44.4 Å². The van der Waals surface area contributed by atoms with Gasteiger partial charge in [0.15, 0.2) is 0 Å². The van der Waals surface area contributed by atoms with E-state index in [9.17, 15) is 14.4 Å². The zero-order chi connectivity index (χ0) is 22.7. The lowest BCUT2D eigenvalue weighted by atomic mass is 10.1. The molecule has 32 heavy (non-hydrogen) atoms. The Balaban J connectivity index is 1.73. The molecule has 0 aliphatic carbocycles. The number of aromatic nitrogens is 4. The van der Waals surface area contributed by atoms with Gasteiger partial charge in [-0.05, 0) is 31.2 Å². The van der Waals surface area contributed by atoms with Crippen molar-refractivity contribution in [2.75, 3.05) is 7.11 Å². The van der Waals surface area contributed by atoms with Crippen molar-refractivity contribution in [1.82, 2.24) is 25.2 Å². The van der Waals surface area contributed by atoms with Crippen LogP contribution >= 0.6 is 11.3 Å². The molecule has 10 nitrogen and oxygen atoms in total. The van der Waals surface area contributed by atoms with Crippen molar-refractivity contribution in [2.45, 2.75) is 13.3 Å². The van der Waals surface area contributed by atoms with Gasteiger partial charge in [-0.15, -0.1) is 0 Å². The fourth-order valence-electron chi connectivity index (χ4n) is 3.05. The van der Waals surface area contributed by atoms with Crippen LogP contribution in [0.2, 0.25) is 0 Å². The van der Waals surface area contributed by atoms with Gasteiger partial charge in [0.25, 0.3) is 11.5 Å². The highest BCUT2D eigenvalue weighted by Crippen LogP contribution is 2.23. The SMILES string of the molecule is COC(=O)Cc1[nH]n(-c2nc3ccccc3s2)c(=O)c1C(C)=NNC(=O)c1ccncc1. The lowest BCUT2D eigenvalue weighted by Crippen LogP contribution is -2.23. The number of para-hydroxylation sites is 1. The maximum atomic E-state index is 13.2. The highest BCUT2D eigenvalue weighted by molar-refractivity contribution is 7.20. The molecular formula is C21H18N6O4S. The Morgan fingerprint density at radius 3 is 2.69 bits per heavy atom. The second-order valence-electron chi connectivity index (χ2n) is 6.70. The normalized spacial score (nSPS) is 11.5. The Hall–Kier alpha value is -4.12. The van der Waals surface area contributed by atoms with E-state index in [0.29, 0.717) is 16.4 Å². The summed E-state index contributed by atoms with van der Waals surface area (Å²) in [6.07, 6.45) is 2.80. The van der Waals surface area contributed by atoms with E-state index in [1.165, 1.54) is 35.5 Å². The molecule has 2 N–H and O–H groups in total. The number of fused-ring (bicyclic) bond motifs is 1. The van der Waals surface area contributed by atoms with Gasteiger partial charge in [-0.1, -0.05) is 23.5 Å². The number of carbonyl (C=O) groups excluding carboxylic acids is 2. The fraction of sp³-hybridized carbons (Fsp3) is 0.143. The Morgan fingerprint density at radius 2 is 1.97 bits per heavy atom. The van der Waals surface area contributed by atoms with Crippen LogP contribution in [-0.2, 0) is 16.0 Å². The lowest BCUT2D eigenvalue weighted by Gasteiger charge is -2.03. The van der Waals surface area contributed by atoms with Crippen molar-refractivity contribution in [3.8, 4) is 5.13 Å². The van der Waals surface area contributed by atoms with Gasteiger partial charge in [0.2, 0.25) is 5.13 Å². The van der Waals surface area contributed by atoms with Crippen LogP contribution in [0.15, 0.2) is 58.7 Å². The number of esters is 1. The van der Waals surface area contributed by atoms with Gasteiger partial charge in [0.05, 0.1) is 40.7 Å². The Bertz CT molecular complexity index is 1350. The minimum atomic E-state index is -0.530. The number of hydrogen-bond donors (Lipinski definition) is 2. The van der Waals surface area contributed by atoms with Crippen LogP contribution < -0.4 is 11.0 Å². The van der Waals surface area contributed by atoms with Crippen molar-refractivity contribution in [3.05, 3.63) is 76.0 Å². The second kappa shape index (κ2) is 8.94. The third-order valence-corrected chi connectivity index (χ3v) is 5.64. The van der Waals surface area contributed by atoms with Gasteiger partial charge < -0.3 is 4.74 Å². The Labute approximate surface area is 185 Å². The van der Waals surface area contributed by atoms with E-state index in [1.54, 1.807) is 19.1 Å². The summed E-state index contributed by atoms with van der Waals surface area (Å²) in [5.74, 6) is -0.985. The number of pyridine rings is 1. The number of methoxy groups -OCH3 is 1. The summed E-state index contributed by atoms with van der Waals surface area (Å²) < 4.78 is 6.93. The number of hydrogen-bond acceptors (Lipinski definition) is 8. The summed E-state index contributed by atoms with van der Waals surface area (Å²) in [6.45, 7) is 1.57. The second-order valence-corrected chi connectivity index (χ2v) is 7.71. The number of nitrogens with one attached hydrogen (secondary N) is 2. The molecule has 0 spiro atoms. The fourth-order valence-corrected chi connectivity index (χ4v) is 3.97. The zero-order valence-corrected chi connectivity index (χ0v) is 18.0. The van der Waals surface area contributed by atoms with E-state index < -0.39 is 17.4 Å². The van der Waals surface area contributed by atoms with Gasteiger partial charge in [-0.2, -0.15) is 9.78 Å². The van der Waals surface area contributed by atoms with Crippen LogP contribution in [0.25, 0.3) is 15.3 Å². The first kappa shape index (κ1) is 21.1. The molecule has 3 aromatic heterocycles. The average molecular weight is 450 g/mol.